The molecule has 232 valence electrons. The number of benzene rings is 4. The minimum absolute atomic E-state index is 0.00355. The van der Waals surface area contributed by atoms with E-state index in [2.05, 4.69) is 16.0 Å². The molecule has 10 heteroatoms. The molecular weight excluding hydrogens is 610 g/mol. The first-order valence-electron chi connectivity index (χ1n) is 14.2. The third kappa shape index (κ3) is 9.14. The molecule has 8 nitrogen and oxygen atoms in total. The maximum atomic E-state index is 13.7. The molecule has 0 aromatic heterocycles. The average molecular weight is 644 g/mol. The summed E-state index contributed by atoms with van der Waals surface area (Å²) in [5.74, 6) is -0.0999. The Kier molecular flexibility index (Phi) is 11.7. The van der Waals surface area contributed by atoms with E-state index in [0.29, 0.717) is 45.4 Å². The molecule has 0 saturated carbocycles. The summed E-state index contributed by atoms with van der Waals surface area (Å²) < 4.78 is 10.8. The molecule has 0 fully saturated rings. The molecule has 0 aliphatic rings. The van der Waals surface area contributed by atoms with E-state index in [0.717, 1.165) is 10.5 Å². The third-order valence-electron chi connectivity index (χ3n) is 6.76. The Bertz CT molecular complexity index is 1710. The number of hydrogen-bond donors (Lipinski definition) is 3. The van der Waals surface area contributed by atoms with Crippen molar-refractivity contribution in [2.75, 3.05) is 24.9 Å². The fourth-order valence-electron chi connectivity index (χ4n) is 4.32. The first kappa shape index (κ1) is 33.2. The number of carbonyl (C=O) groups is 3. The second-order valence-electron chi connectivity index (χ2n) is 9.93. The van der Waals surface area contributed by atoms with Gasteiger partial charge in [-0.15, -0.1) is 11.8 Å². The van der Waals surface area contributed by atoms with Gasteiger partial charge in [0.15, 0.2) is 0 Å². The van der Waals surface area contributed by atoms with Crippen LogP contribution in [0.2, 0.25) is 5.02 Å². The van der Waals surface area contributed by atoms with Gasteiger partial charge in [0, 0.05) is 32.4 Å². The highest BCUT2D eigenvalue weighted by molar-refractivity contribution is 8.00. The van der Waals surface area contributed by atoms with Crippen molar-refractivity contribution in [3.63, 3.8) is 0 Å². The lowest BCUT2D eigenvalue weighted by Crippen LogP contribution is -2.30. The molecule has 0 saturated heterocycles. The molecule has 0 heterocycles. The number of aryl methyl sites for hydroxylation is 1. The van der Waals surface area contributed by atoms with Crippen molar-refractivity contribution in [3.8, 4) is 11.5 Å². The highest BCUT2D eigenvalue weighted by Crippen LogP contribution is 2.30. The van der Waals surface area contributed by atoms with Gasteiger partial charge >= 0.3 is 0 Å². The average Bonchev–Trinajstić information content (AvgIpc) is 3.05. The molecular formula is C35H34ClN3O5S. The SMILES string of the molecule is CCC(Sc1cccc(NC(=O)/C(=C\c2cc(OC)ccc2OC)NC(=O)c2ccccc2)c1)C(=O)Nc1cc(Cl)ccc1C. The molecule has 1 unspecified atom stereocenters. The van der Waals surface area contributed by atoms with E-state index in [1.165, 1.54) is 32.1 Å². The standard InChI is InChI=1S/C35H34ClN3O5S/c1-5-32(35(42)38-29-20-25(36)15-14-22(29)2)45-28-13-9-12-26(21-28)37-34(41)30(39-33(40)23-10-7-6-8-11-23)19-24-18-27(43-3)16-17-31(24)44-4/h6-21,32H,5H2,1-4H3,(H,37,41)(H,38,42)(H,39,40)/b30-19+. The van der Waals surface area contributed by atoms with E-state index < -0.39 is 17.1 Å². The summed E-state index contributed by atoms with van der Waals surface area (Å²) in [5, 5.41) is 8.74. The number of nitrogens with one attached hydrogen (secondary N) is 3. The number of carbonyl (C=O) groups excluding carboxylic acids is 3. The van der Waals surface area contributed by atoms with Gasteiger partial charge in [-0.25, -0.2) is 0 Å². The second-order valence-corrected chi connectivity index (χ2v) is 11.6. The Morgan fingerprint density at radius 1 is 0.889 bits per heavy atom. The summed E-state index contributed by atoms with van der Waals surface area (Å²) in [6.07, 6.45) is 2.11. The second kappa shape index (κ2) is 15.8. The summed E-state index contributed by atoms with van der Waals surface area (Å²) in [7, 11) is 3.06. The van der Waals surface area contributed by atoms with Crippen LogP contribution in [0.25, 0.3) is 6.08 Å². The summed E-state index contributed by atoms with van der Waals surface area (Å²) >= 11 is 7.51. The topological polar surface area (TPSA) is 106 Å². The quantitative estimate of drug-likeness (QED) is 0.109. The molecule has 1 atom stereocenters. The number of methoxy groups -OCH3 is 2. The van der Waals surface area contributed by atoms with Crippen LogP contribution in [0, 0.1) is 6.92 Å². The van der Waals surface area contributed by atoms with Gasteiger partial charge in [-0.3, -0.25) is 14.4 Å². The van der Waals surface area contributed by atoms with Crippen molar-refractivity contribution in [2.45, 2.75) is 30.4 Å². The van der Waals surface area contributed by atoms with Gasteiger partial charge < -0.3 is 25.4 Å². The van der Waals surface area contributed by atoms with Crippen molar-refractivity contribution >= 4 is 58.5 Å². The molecule has 0 radical (unpaired) electrons. The number of hydrogen-bond acceptors (Lipinski definition) is 6. The highest BCUT2D eigenvalue weighted by atomic mass is 35.5. The van der Waals surface area contributed by atoms with Gasteiger partial charge in [0.1, 0.15) is 17.2 Å². The van der Waals surface area contributed by atoms with E-state index in [1.807, 2.05) is 26.0 Å². The summed E-state index contributed by atoms with van der Waals surface area (Å²) in [6, 6.07) is 26.3. The van der Waals surface area contributed by atoms with Crippen molar-refractivity contribution in [3.05, 3.63) is 118 Å². The molecule has 0 spiro atoms. The van der Waals surface area contributed by atoms with Gasteiger partial charge in [-0.1, -0.05) is 48.9 Å². The summed E-state index contributed by atoms with van der Waals surface area (Å²) in [5.41, 5.74) is 2.99. The van der Waals surface area contributed by atoms with Gasteiger partial charge in [-0.2, -0.15) is 0 Å². The van der Waals surface area contributed by atoms with Crippen LogP contribution < -0.4 is 25.4 Å². The van der Waals surface area contributed by atoms with Crippen LogP contribution in [-0.2, 0) is 9.59 Å². The van der Waals surface area contributed by atoms with Crippen molar-refractivity contribution in [2.24, 2.45) is 0 Å². The molecule has 4 rings (SSSR count). The van der Waals surface area contributed by atoms with Gasteiger partial charge in [0.2, 0.25) is 5.91 Å². The number of amides is 3. The van der Waals surface area contributed by atoms with Gasteiger partial charge in [0.05, 0.1) is 19.5 Å². The molecule has 4 aromatic carbocycles. The third-order valence-corrected chi connectivity index (χ3v) is 8.35. The largest absolute Gasteiger partial charge is 0.497 e. The molecule has 0 aliphatic carbocycles. The van der Waals surface area contributed by atoms with E-state index >= 15 is 0 Å². The number of halogens is 1. The monoisotopic (exact) mass is 643 g/mol. The maximum absolute atomic E-state index is 13.7. The molecule has 0 bridgehead atoms. The molecule has 0 aliphatic heterocycles. The lowest BCUT2D eigenvalue weighted by Gasteiger charge is -2.17. The van der Waals surface area contributed by atoms with E-state index in [1.54, 1.807) is 78.9 Å². The van der Waals surface area contributed by atoms with Crippen LogP contribution in [-0.4, -0.2) is 37.2 Å². The Morgan fingerprint density at radius 2 is 1.67 bits per heavy atom. The predicted octanol–water partition coefficient (Wildman–Crippen LogP) is 7.58. The van der Waals surface area contributed by atoms with Crippen LogP contribution in [0.3, 0.4) is 0 Å². The highest BCUT2D eigenvalue weighted by Gasteiger charge is 2.20. The normalized spacial score (nSPS) is 11.7. The molecule has 3 N–H and O–H groups in total. The van der Waals surface area contributed by atoms with Crippen LogP contribution in [0.15, 0.2) is 102 Å². The predicted molar refractivity (Wildman–Crippen MR) is 181 cm³/mol. The van der Waals surface area contributed by atoms with Crippen molar-refractivity contribution < 1.29 is 23.9 Å². The number of anilines is 2. The molecule has 4 aromatic rings. The van der Waals surface area contributed by atoms with Crippen molar-refractivity contribution in [1.82, 2.24) is 5.32 Å². The van der Waals surface area contributed by atoms with Crippen LogP contribution in [0.5, 0.6) is 11.5 Å². The maximum Gasteiger partial charge on any atom is 0.272 e. The fourth-order valence-corrected chi connectivity index (χ4v) is 5.51. The van der Waals surface area contributed by atoms with E-state index in [-0.39, 0.29) is 11.6 Å². The lowest BCUT2D eigenvalue weighted by atomic mass is 10.1. The minimum atomic E-state index is -0.549. The first-order valence-corrected chi connectivity index (χ1v) is 15.4. The van der Waals surface area contributed by atoms with Crippen LogP contribution >= 0.6 is 23.4 Å². The Labute approximate surface area is 272 Å². The lowest BCUT2D eigenvalue weighted by molar-refractivity contribution is -0.116. The first-order chi connectivity index (χ1) is 21.7. The van der Waals surface area contributed by atoms with Gasteiger partial charge in [0.25, 0.3) is 11.8 Å². The zero-order valence-electron chi connectivity index (χ0n) is 25.3. The Hall–Kier alpha value is -4.73. The number of rotatable bonds is 12. The van der Waals surface area contributed by atoms with E-state index in [4.69, 9.17) is 21.1 Å². The van der Waals surface area contributed by atoms with Crippen LogP contribution in [0.1, 0.15) is 34.8 Å². The zero-order valence-corrected chi connectivity index (χ0v) is 26.9. The minimum Gasteiger partial charge on any atom is -0.497 e. The number of thioether (sulfide) groups is 1. The fraction of sp³-hybridized carbons (Fsp3) is 0.171. The van der Waals surface area contributed by atoms with Gasteiger partial charge in [-0.05, 0) is 85.6 Å². The molecule has 3 amide bonds. The van der Waals surface area contributed by atoms with Crippen LogP contribution in [0.4, 0.5) is 11.4 Å². The summed E-state index contributed by atoms with van der Waals surface area (Å²) in [4.78, 5) is 40.7. The zero-order chi connectivity index (χ0) is 32.3. The Morgan fingerprint density at radius 3 is 2.38 bits per heavy atom. The molecule has 45 heavy (non-hydrogen) atoms. The van der Waals surface area contributed by atoms with E-state index in [9.17, 15) is 14.4 Å². The number of ether oxygens (including phenoxy) is 2. The van der Waals surface area contributed by atoms with Crippen molar-refractivity contribution in [1.29, 1.82) is 0 Å². The summed E-state index contributed by atoms with van der Waals surface area (Å²) in [6.45, 7) is 3.84. The smallest absolute Gasteiger partial charge is 0.272 e. The Balaban J connectivity index is 1.56.